The first-order valence-corrected chi connectivity index (χ1v) is 6.48. The summed E-state index contributed by atoms with van der Waals surface area (Å²) in [7, 11) is 0. The van der Waals surface area contributed by atoms with Crippen LogP contribution in [0.25, 0.3) is 22.1 Å². The van der Waals surface area contributed by atoms with Gasteiger partial charge in [-0.3, -0.25) is 0 Å². The molecule has 2 aromatic carbocycles. The number of furan rings is 1. The summed E-state index contributed by atoms with van der Waals surface area (Å²) in [4.78, 5) is 0. The molecule has 1 aromatic heterocycles. The van der Waals surface area contributed by atoms with Gasteiger partial charge in [0.2, 0.25) is 0 Å². The lowest BCUT2D eigenvalue weighted by Gasteiger charge is -2.15. The Labute approximate surface area is 117 Å². The predicted octanol–water partition coefficient (Wildman–Crippen LogP) is 4.16. The zero-order valence-electron chi connectivity index (χ0n) is 10.9. The minimum atomic E-state index is -0.690. The van der Waals surface area contributed by atoms with E-state index in [0.29, 0.717) is 0 Å². The van der Waals surface area contributed by atoms with Crippen LogP contribution in [0.2, 0.25) is 0 Å². The first-order chi connectivity index (χ1) is 9.81. The predicted molar refractivity (Wildman–Crippen MR) is 80.1 cm³/mol. The third-order valence-corrected chi connectivity index (χ3v) is 3.40. The molecule has 1 heterocycles. The summed E-state index contributed by atoms with van der Waals surface area (Å²) >= 11 is 0. The van der Waals surface area contributed by atoms with Crippen molar-refractivity contribution in [1.29, 1.82) is 0 Å². The lowest BCUT2D eigenvalue weighted by Crippen LogP contribution is -1.99. The average molecular weight is 262 g/mol. The highest BCUT2D eigenvalue weighted by molar-refractivity contribution is 5.97. The van der Waals surface area contributed by atoms with Crippen LogP contribution in [0.4, 0.5) is 0 Å². The summed E-state index contributed by atoms with van der Waals surface area (Å²) in [5, 5.41) is 12.4. The van der Waals surface area contributed by atoms with Crippen molar-refractivity contribution in [2.75, 3.05) is 0 Å². The minimum Gasteiger partial charge on any atom is -0.464 e. The van der Waals surface area contributed by atoms with Gasteiger partial charge in [-0.2, -0.15) is 0 Å². The Bertz CT molecular complexity index is 764. The van der Waals surface area contributed by atoms with Gasteiger partial charge in [-0.1, -0.05) is 36.4 Å². The van der Waals surface area contributed by atoms with E-state index in [2.05, 4.69) is 5.92 Å². The van der Waals surface area contributed by atoms with Crippen molar-refractivity contribution < 1.29 is 9.52 Å². The maximum atomic E-state index is 10.3. The molecule has 1 N–H and O–H groups in total. The van der Waals surface area contributed by atoms with Gasteiger partial charge in [-0.15, -0.1) is 12.3 Å². The summed E-state index contributed by atoms with van der Waals surface area (Å²) in [6.07, 6.45) is 6.54. The van der Waals surface area contributed by atoms with Crippen LogP contribution in [0.1, 0.15) is 18.1 Å². The van der Waals surface area contributed by atoms with E-state index in [1.165, 1.54) is 0 Å². The molecule has 3 rings (SSSR count). The SMILES string of the molecule is C#CCC(O)c1ccc2ccccc2c1-c1ccco1. The van der Waals surface area contributed by atoms with Crippen molar-refractivity contribution in [1.82, 2.24) is 0 Å². The van der Waals surface area contributed by atoms with Crippen molar-refractivity contribution >= 4 is 10.8 Å². The van der Waals surface area contributed by atoms with Crippen molar-refractivity contribution in [3.63, 3.8) is 0 Å². The van der Waals surface area contributed by atoms with Gasteiger partial charge in [0.15, 0.2) is 0 Å². The monoisotopic (exact) mass is 262 g/mol. The van der Waals surface area contributed by atoms with Gasteiger partial charge in [0.25, 0.3) is 0 Å². The summed E-state index contributed by atoms with van der Waals surface area (Å²) in [5.41, 5.74) is 1.72. The Hall–Kier alpha value is -2.50. The Kier molecular flexibility index (Phi) is 3.28. The maximum Gasteiger partial charge on any atom is 0.134 e. The van der Waals surface area contributed by atoms with Crippen LogP contribution in [0.3, 0.4) is 0 Å². The molecule has 0 aliphatic rings. The van der Waals surface area contributed by atoms with Gasteiger partial charge in [0, 0.05) is 12.0 Å². The number of terminal acetylenes is 1. The highest BCUT2D eigenvalue weighted by atomic mass is 16.3. The second kappa shape index (κ2) is 5.24. The molecule has 2 heteroatoms. The third kappa shape index (κ3) is 2.09. The first-order valence-electron chi connectivity index (χ1n) is 6.48. The molecule has 2 nitrogen and oxygen atoms in total. The van der Waals surface area contributed by atoms with Gasteiger partial charge in [-0.05, 0) is 28.5 Å². The molecule has 0 radical (unpaired) electrons. The Morgan fingerprint density at radius 1 is 1.10 bits per heavy atom. The Morgan fingerprint density at radius 3 is 2.70 bits per heavy atom. The normalized spacial score (nSPS) is 12.2. The molecule has 3 aromatic rings. The Morgan fingerprint density at radius 2 is 1.95 bits per heavy atom. The number of benzene rings is 2. The fourth-order valence-electron chi connectivity index (χ4n) is 2.48. The van der Waals surface area contributed by atoms with Gasteiger partial charge < -0.3 is 9.52 Å². The van der Waals surface area contributed by atoms with Crippen LogP contribution in [0.5, 0.6) is 0 Å². The van der Waals surface area contributed by atoms with Crippen LogP contribution in [-0.2, 0) is 0 Å². The lowest BCUT2D eigenvalue weighted by atomic mass is 9.93. The molecule has 0 amide bonds. The van der Waals surface area contributed by atoms with Crippen LogP contribution in [-0.4, -0.2) is 5.11 Å². The molecule has 0 aliphatic carbocycles. The zero-order valence-corrected chi connectivity index (χ0v) is 10.9. The topological polar surface area (TPSA) is 33.4 Å². The average Bonchev–Trinajstić information content (AvgIpc) is 3.00. The molecular formula is C18H14O2. The molecule has 1 unspecified atom stereocenters. The van der Waals surface area contributed by atoms with Crippen LogP contribution in [0, 0.1) is 12.3 Å². The molecule has 1 atom stereocenters. The lowest BCUT2D eigenvalue weighted by molar-refractivity contribution is 0.184. The van der Waals surface area contributed by atoms with Crippen molar-refractivity contribution in [2.45, 2.75) is 12.5 Å². The van der Waals surface area contributed by atoms with E-state index in [4.69, 9.17) is 10.8 Å². The number of hydrogen-bond acceptors (Lipinski definition) is 2. The second-order valence-corrected chi connectivity index (χ2v) is 4.65. The molecule has 98 valence electrons. The van der Waals surface area contributed by atoms with E-state index in [1.807, 2.05) is 48.5 Å². The van der Waals surface area contributed by atoms with Gasteiger partial charge in [-0.25, -0.2) is 0 Å². The van der Waals surface area contributed by atoms with Crippen molar-refractivity contribution in [2.24, 2.45) is 0 Å². The van der Waals surface area contributed by atoms with E-state index < -0.39 is 6.10 Å². The summed E-state index contributed by atoms with van der Waals surface area (Å²) < 4.78 is 5.53. The number of rotatable bonds is 3. The number of hydrogen-bond donors (Lipinski definition) is 1. The van der Waals surface area contributed by atoms with E-state index in [0.717, 1.165) is 27.7 Å². The standard InChI is InChI=1S/C18H14O2/c1-2-6-16(19)15-11-10-13-7-3-4-8-14(13)18(15)17-9-5-12-20-17/h1,3-5,7-12,16,19H,6H2. The van der Waals surface area contributed by atoms with Crippen LogP contribution in [0.15, 0.2) is 59.2 Å². The fraction of sp³-hybridized carbons (Fsp3) is 0.111. The summed E-state index contributed by atoms with van der Waals surface area (Å²) in [6.45, 7) is 0. The van der Waals surface area contributed by atoms with Gasteiger partial charge in [0.05, 0.1) is 12.4 Å². The van der Waals surface area contributed by atoms with Crippen molar-refractivity contribution in [3.05, 3.63) is 60.4 Å². The molecule has 0 spiro atoms. The third-order valence-electron chi connectivity index (χ3n) is 3.40. The molecular weight excluding hydrogens is 248 g/mol. The molecule has 0 bridgehead atoms. The maximum absolute atomic E-state index is 10.3. The van der Waals surface area contributed by atoms with Crippen molar-refractivity contribution in [3.8, 4) is 23.7 Å². The largest absolute Gasteiger partial charge is 0.464 e. The highest BCUT2D eigenvalue weighted by Gasteiger charge is 2.17. The van der Waals surface area contributed by atoms with Gasteiger partial charge >= 0.3 is 0 Å². The number of aliphatic hydroxyl groups is 1. The molecule has 0 saturated heterocycles. The number of aliphatic hydroxyl groups excluding tert-OH is 1. The molecule has 0 saturated carbocycles. The van der Waals surface area contributed by atoms with E-state index in [9.17, 15) is 5.11 Å². The van der Waals surface area contributed by atoms with E-state index >= 15 is 0 Å². The molecule has 0 aliphatic heterocycles. The second-order valence-electron chi connectivity index (χ2n) is 4.65. The fourth-order valence-corrected chi connectivity index (χ4v) is 2.48. The quantitative estimate of drug-likeness (QED) is 0.719. The Balaban J connectivity index is 2.30. The first kappa shape index (κ1) is 12.5. The van der Waals surface area contributed by atoms with Crippen LogP contribution >= 0.6 is 0 Å². The number of fused-ring (bicyclic) bond motifs is 1. The van der Waals surface area contributed by atoms with Gasteiger partial charge in [0.1, 0.15) is 5.76 Å². The molecule has 0 fully saturated rings. The summed E-state index contributed by atoms with van der Waals surface area (Å²) in [5.74, 6) is 3.25. The zero-order chi connectivity index (χ0) is 13.9. The highest BCUT2D eigenvalue weighted by Crippen LogP contribution is 2.36. The van der Waals surface area contributed by atoms with E-state index in [1.54, 1.807) is 6.26 Å². The minimum absolute atomic E-state index is 0.284. The smallest absolute Gasteiger partial charge is 0.134 e. The van der Waals surface area contributed by atoms with Crippen LogP contribution < -0.4 is 0 Å². The van der Waals surface area contributed by atoms with E-state index in [-0.39, 0.29) is 6.42 Å². The summed E-state index contributed by atoms with van der Waals surface area (Å²) in [6, 6.07) is 15.7. The molecule has 20 heavy (non-hydrogen) atoms.